The summed E-state index contributed by atoms with van der Waals surface area (Å²) in [6.07, 6.45) is 3.78. The van der Waals surface area contributed by atoms with E-state index in [1.807, 2.05) is 17.0 Å². The number of aromatic nitrogens is 1. The molecule has 0 bridgehead atoms. The molecular formula is C19H25N3O2. The molecule has 128 valence electrons. The lowest BCUT2D eigenvalue weighted by Gasteiger charge is -2.29. The second-order valence-electron chi connectivity index (χ2n) is 6.06. The highest BCUT2D eigenvalue weighted by Crippen LogP contribution is 2.33. The predicted molar refractivity (Wildman–Crippen MR) is 94.2 cm³/mol. The van der Waals surface area contributed by atoms with Crippen molar-refractivity contribution in [2.75, 3.05) is 20.3 Å². The maximum Gasteiger partial charge on any atom is 0.318 e. The zero-order valence-corrected chi connectivity index (χ0v) is 14.4. The van der Waals surface area contributed by atoms with E-state index in [1.165, 1.54) is 0 Å². The molecule has 1 aliphatic heterocycles. The first-order valence-electron chi connectivity index (χ1n) is 8.55. The molecule has 1 aromatic carbocycles. The number of amides is 2. The van der Waals surface area contributed by atoms with E-state index in [0.29, 0.717) is 19.7 Å². The van der Waals surface area contributed by atoms with Crippen LogP contribution in [0.25, 0.3) is 5.69 Å². The molecule has 5 nitrogen and oxygen atoms in total. The van der Waals surface area contributed by atoms with Crippen molar-refractivity contribution in [3.63, 3.8) is 0 Å². The van der Waals surface area contributed by atoms with Crippen molar-refractivity contribution in [1.29, 1.82) is 0 Å². The van der Waals surface area contributed by atoms with Crippen LogP contribution in [0.3, 0.4) is 0 Å². The first kappa shape index (κ1) is 16.6. The fraction of sp³-hybridized carbons (Fsp3) is 0.421. The molecule has 5 heteroatoms. The summed E-state index contributed by atoms with van der Waals surface area (Å²) in [6, 6.07) is 12.5. The first-order valence-corrected chi connectivity index (χ1v) is 8.55. The molecule has 1 aliphatic rings. The number of nitrogens with zero attached hydrogens (tertiary/aromatic N) is 2. The molecule has 2 amide bonds. The topological polar surface area (TPSA) is 46.5 Å². The van der Waals surface area contributed by atoms with Gasteiger partial charge in [-0.2, -0.15) is 0 Å². The number of urea groups is 1. The van der Waals surface area contributed by atoms with Crippen LogP contribution in [0.2, 0.25) is 0 Å². The summed E-state index contributed by atoms with van der Waals surface area (Å²) in [5.74, 6) is 0. The van der Waals surface area contributed by atoms with Crippen LogP contribution in [0.15, 0.2) is 42.6 Å². The van der Waals surface area contributed by atoms with E-state index >= 15 is 0 Å². The van der Waals surface area contributed by atoms with Crippen molar-refractivity contribution in [2.45, 2.75) is 32.4 Å². The molecule has 0 spiro atoms. The van der Waals surface area contributed by atoms with Gasteiger partial charge in [0.15, 0.2) is 0 Å². The average Bonchev–Trinajstić information content (AvgIpc) is 3.03. The number of hydrogen-bond acceptors (Lipinski definition) is 2. The lowest BCUT2D eigenvalue weighted by Crippen LogP contribution is -2.42. The average molecular weight is 327 g/mol. The Hall–Kier alpha value is -2.27. The maximum atomic E-state index is 12.8. The number of hydrogen-bond donors (Lipinski definition) is 1. The van der Waals surface area contributed by atoms with Gasteiger partial charge in [-0.1, -0.05) is 25.1 Å². The first-order chi connectivity index (χ1) is 11.8. The summed E-state index contributed by atoms with van der Waals surface area (Å²) in [7, 11) is 1.68. The van der Waals surface area contributed by atoms with Crippen molar-refractivity contribution < 1.29 is 9.53 Å². The van der Waals surface area contributed by atoms with Crippen LogP contribution in [-0.4, -0.2) is 35.8 Å². The Morgan fingerprint density at radius 3 is 2.92 bits per heavy atom. The molecule has 1 atom stereocenters. The zero-order valence-electron chi connectivity index (χ0n) is 14.4. The lowest BCUT2D eigenvalue weighted by atomic mass is 10.1. The number of benzene rings is 1. The third-order valence-corrected chi connectivity index (χ3v) is 4.54. The van der Waals surface area contributed by atoms with Crippen molar-refractivity contribution in [3.05, 3.63) is 53.9 Å². The Balaban J connectivity index is 1.89. The summed E-state index contributed by atoms with van der Waals surface area (Å²) in [6.45, 7) is 4.03. The minimum absolute atomic E-state index is 0.0117. The quantitative estimate of drug-likeness (QED) is 0.855. The minimum Gasteiger partial charge on any atom is -0.385 e. The van der Waals surface area contributed by atoms with Crippen LogP contribution in [0.4, 0.5) is 4.79 Å². The van der Waals surface area contributed by atoms with E-state index in [1.54, 1.807) is 7.11 Å². The Bertz CT molecular complexity index is 695. The van der Waals surface area contributed by atoms with Gasteiger partial charge in [0, 0.05) is 32.2 Å². The van der Waals surface area contributed by atoms with Gasteiger partial charge < -0.3 is 19.5 Å². The monoisotopic (exact) mass is 327 g/mol. The zero-order chi connectivity index (χ0) is 16.9. The van der Waals surface area contributed by atoms with Crippen molar-refractivity contribution in [3.8, 4) is 5.69 Å². The van der Waals surface area contributed by atoms with E-state index in [9.17, 15) is 4.79 Å². The Labute approximate surface area is 143 Å². The molecule has 2 aromatic rings. The van der Waals surface area contributed by atoms with Gasteiger partial charge in [0.1, 0.15) is 0 Å². The Morgan fingerprint density at radius 2 is 2.12 bits per heavy atom. The maximum absolute atomic E-state index is 12.8. The van der Waals surface area contributed by atoms with E-state index in [2.05, 4.69) is 47.3 Å². The number of para-hydroxylation sites is 1. The molecule has 1 aromatic heterocycles. The van der Waals surface area contributed by atoms with Crippen molar-refractivity contribution in [2.24, 2.45) is 0 Å². The third kappa shape index (κ3) is 3.17. The number of carbonyl (C=O) groups is 1. The molecule has 0 unspecified atom stereocenters. The number of rotatable bonds is 5. The summed E-state index contributed by atoms with van der Waals surface area (Å²) in [5.41, 5.74) is 3.48. The van der Waals surface area contributed by atoms with E-state index < -0.39 is 0 Å². The van der Waals surface area contributed by atoms with Gasteiger partial charge in [-0.3, -0.25) is 0 Å². The fourth-order valence-electron chi connectivity index (χ4n) is 3.37. The summed E-state index contributed by atoms with van der Waals surface area (Å²) < 4.78 is 7.26. The highest BCUT2D eigenvalue weighted by Gasteiger charge is 2.30. The van der Waals surface area contributed by atoms with Gasteiger partial charge in [-0.15, -0.1) is 0 Å². The summed E-state index contributed by atoms with van der Waals surface area (Å²) >= 11 is 0. The second kappa shape index (κ2) is 7.53. The van der Waals surface area contributed by atoms with E-state index in [4.69, 9.17) is 4.74 Å². The predicted octanol–water partition coefficient (Wildman–Crippen LogP) is 3.49. The lowest BCUT2D eigenvalue weighted by molar-refractivity contribution is 0.164. The molecule has 0 aliphatic carbocycles. The highest BCUT2D eigenvalue weighted by molar-refractivity contribution is 5.75. The van der Waals surface area contributed by atoms with Crippen LogP contribution in [-0.2, 0) is 11.3 Å². The Morgan fingerprint density at radius 1 is 1.29 bits per heavy atom. The number of nitrogens with one attached hydrogen (secondary N) is 1. The standard InChI is InChI=1S/C19H25N3O2/c1-3-16-18-10-6-12-21(18)17-9-5-4-8-15(17)14-22(16)19(23)20-11-7-13-24-2/h4-6,8-10,12,16H,3,7,11,13-14H2,1-2H3,(H,20,23)/t16-/m1/s1. The van der Waals surface area contributed by atoms with Gasteiger partial charge in [0.2, 0.25) is 0 Å². The second-order valence-corrected chi connectivity index (χ2v) is 6.06. The molecule has 0 saturated carbocycles. The molecule has 3 rings (SSSR count). The van der Waals surface area contributed by atoms with Crippen LogP contribution in [0.1, 0.15) is 37.1 Å². The SMILES string of the molecule is CC[C@@H]1c2cccn2-c2ccccc2CN1C(=O)NCCCOC. The summed E-state index contributed by atoms with van der Waals surface area (Å²) in [4.78, 5) is 14.7. The van der Waals surface area contributed by atoms with Gasteiger partial charge >= 0.3 is 6.03 Å². The van der Waals surface area contributed by atoms with Gasteiger partial charge in [0.05, 0.1) is 18.3 Å². The smallest absolute Gasteiger partial charge is 0.318 e. The minimum atomic E-state index is -0.0117. The third-order valence-electron chi connectivity index (χ3n) is 4.54. The van der Waals surface area contributed by atoms with Crippen LogP contribution in [0.5, 0.6) is 0 Å². The number of carbonyl (C=O) groups excluding carboxylic acids is 1. The van der Waals surface area contributed by atoms with E-state index in [0.717, 1.165) is 29.8 Å². The number of methoxy groups -OCH3 is 1. The van der Waals surface area contributed by atoms with E-state index in [-0.39, 0.29) is 12.1 Å². The number of fused-ring (bicyclic) bond motifs is 3. The largest absolute Gasteiger partial charge is 0.385 e. The van der Waals surface area contributed by atoms with Gasteiger partial charge in [-0.05, 0) is 36.6 Å². The van der Waals surface area contributed by atoms with Gasteiger partial charge in [-0.25, -0.2) is 4.79 Å². The molecular weight excluding hydrogens is 302 g/mol. The van der Waals surface area contributed by atoms with Crippen molar-refractivity contribution >= 4 is 6.03 Å². The summed E-state index contributed by atoms with van der Waals surface area (Å²) in [5, 5.41) is 3.03. The fourth-order valence-corrected chi connectivity index (χ4v) is 3.37. The van der Waals surface area contributed by atoms with Crippen molar-refractivity contribution in [1.82, 2.24) is 14.8 Å². The molecule has 0 saturated heterocycles. The molecule has 0 fully saturated rings. The van der Waals surface area contributed by atoms with Crippen LogP contribution in [0, 0.1) is 0 Å². The van der Waals surface area contributed by atoms with Gasteiger partial charge in [0.25, 0.3) is 0 Å². The molecule has 24 heavy (non-hydrogen) atoms. The van der Waals surface area contributed by atoms with Crippen LogP contribution < -0.4 is 5.32 Å². The van der Waals surface area contributed by atoms with Crippen LogP contribution >= 0.6 is 0 Å². The molecule has 2 heterocycles. The Kier molecular flexibility index (Phi) is 5.20. The highest BCUT2D eigenvalue weighted by atomic mass is 16.5. The molecule has 0 radical (unpaired) electrons. The molecule has 1 N–H and O–H groups in total. The normalized spacial score (nSPS) is 16.2. The number of ether oxygens (including phenoxy) is 1.